The van der Waals surface area contributed by atoms with Gasteiger partial charge in [-0.15, -0.1) is 6.58 Å². The lowest BCUT2D eigenvalue weighted by Crippen LogP contribution is -2.36. The molecule has 2 unspecified atom stereocenters. The molecule has 2 N–H and O–H groups in total. The molecular formula is C9H17NO. The molecular weight excluding hydrogens is 138 g/mol. The lowest BCUT2D eigenvalue weighted by atomic mass is 9.76. The third-order valence-electron chi connectivity index (χ3n) is 2.86. The highest BCUT2D eigenvalue weighted by molar-refractivity contribution is 4.95. The summed E-state index contributed by atoms with van der Waals surface area (Å²) >= 11 is 0. The topological polar surface area (TPSA) is 35.2 Å². The highest BCUT2D eigenvalue weighted by Crippen LogP contribution is 2.35. The van der Waals surface area contributed by atoms with Gasteiger partial charge in [-0.25, -0.2) is 0 Å². The molecule has 0 amide bonds. The number of allylic oxidation sites excluding steroid dienone is 1. The van der Waals surface area contributed by atoms with Gasteiger partial charge in [0.1, 0.15) is 0 Å². The van der Waals surface area contributed by atoms with Crippen molar-refractivity contribution in [2.75, 3.05) is 19.8 Å². The van der Waals surface area contributed by atoms with Gasteiger partial charge in [0.25, 0.3) is 0 Å². The van der Waals surface area contributed by atoms with Gasteiger partial charge in [-0.1, -0.05) is 13.0 Å². The van der Waals surface area contributed by atoms with Crippen molar-refractivity contribution < 1.29 is 4.74 Å². The van der Waals surface area contributed by atoms with Crippen LogP contribution in [0.4, 0.5) is 0 Å². The molecule has 1 fully saturated rings. The summed E-state index contributed by atoms with van der Waals surface area (Å²) in [5, 5.41) is 0. The predicted molar refractivity (Wildman–Crippen MR) is 46.3 cm³/mol. The molecule has 0 bridgehead atoms. The van der Waals surface area contributed by atoms with E-state index < -0.39 is 0 Å². The molecule has 0 aromatic carbocycles. The quantitative estimate of drug-likeness (QED) is 0.621. The Labute approximate surface area is 68.4 Å². The molecule has 11 heavy (non-hydrogen) atoms. The van der Waals surface area contributed by atoms with E-state index >= 15 is 0 Å². The Hall–Kier alpha value is -0.340. The van der Waals surface area contributed by atoms with E-state index in [1.807, 2.05) is 6.08 Å². The summed E-state index contributed by atoms with van der Waals surface area (Å²) in [5.74, 6) is 0.468. The van der Waals surface area contributed by atoms with Crippen molar-refractivity contribution in [1.82, 2.24) is 0 Å². The zero-order valence-corrected chi connectivity index (χ0v) is 7.18. The number of hydrogen-bond donors (Lipinski definition) is 1. The Morgan fingerprint density at radius 1 is 1.82 bits per heavy atom. The van der Waals surface area contributed by atoms with E-state index in [9.17, 15) is 0 Å². The van der Waals surface area contributed by atoms with Gasteiger partial charge in [-0.3, -0.25) is 0 Å². The minimum Gasteiger partial charge on any atom is -0.381 e. The maximum absolute atomic E-state index is 5.72. The molecule has 0 saturated carbocycles. The Bertz CT molecular complexity index is 138. The normalized spacial score (nSPS) is 33.6. The van der Waals surface area contributed by atoms with Crippen molar-refractivity contribution in [2.45, 2.75) is 13.3 Å². The third-order valence-corrected chi connectivity index (χ3v) is 2.86. The number of nitrogens with two attached hydrogens (primary N) is 1. The minimum atomic E-state index is 0.182. The van der Waals surface area contributed by atoms with E-state index in [2.05, 4.69) is 13.5 Å². The molecule has 0 aliphatic carbocycles. The van der Waals surface area contributed by atoms with E-state index in [1.54, 1.807) is 0 Å². The number of hydrogen-bond acceptors (Lipinski definition) is 2. The zero-order valence-electron chi connectivity index (χ0n) is 7.18. The summed E-state index contributed by atoms with van der Waals surface area (Å²) < 4.78 is 5.35. The van der Waals surface area contributed by atoms with Crippen molar-refractivity contribution >= 4 is 0 Å². The van der Waals surface area contributed by atoms with Crippen LogP contribution in [-0.2, 0) is 4.74 Å². The van der Waals surface area contributed by atoms with Gasteiger partial charge in [-0.05, 0) is 12.3 Å². The highest BCUT2D eigenvalue weighted by Gasteiger charge is 2.37. The number of rotatable bonds is 3. The van der Waals surface area contributed by atoms with Gasteiger partial charge >= 0.3 is 0 Å². The number of ether oxygens (including phenoxy) is 1. The Morgan fingerprint density at radius 2 is 2.55 bits per heavy atom. The fraction of sp³-hybridized carbons (Fsp3) is 0.778. The average Bonchev–Trinajstić information content (AvgIpc) is 2.52. The van der Waals surface area contributed by atoms with Crippen LogP contribution in [0.15, 0.2) is 12.7 Å². The molecule has 2 atom stereocenters. The second-order valence-electron chi connectivity index (χ2n) is 3.39. The van der Waals surface area contributed by atoms with Crippen molar-refractivity contribution in [3.05, 3.63) is 12.7 Å². The largest absolute Gasteiger partial charge is 0.381 e. The lowest BCUT2D eigenvalue weighted by Gasteiger charge is -2.30. The van der Waals surface area contributed by atoms with Gasteiger partial charge in [0.05, 0.1) is 6.61 Å². The Kier molecular flexibility index (Phi) is 2.68. The van der Waals surface area contributed by atoms with Crippen LogP contribution in [0.5, 0.6) is 0 Å². The average molecular weight is 155 g/mol. The SMILES string of the molecule is C=CC(C)C1(CN)CCOC1. The standard InChI is InChI=1S/C9H17NO/c1-3-8(2)9(6-10)4-5-11-7-9/h3,8H,1,4-7,10H2,2H3. The molecule has 1 saturated heterocycles. The molecule has 2 nitrogen and oxygen atoms in total. The van der Waals surface area contributed by atoms with Crippen LogP contribution in [0.2, 0.25) is 0 Å². The summed E-state index contributed by atoms with van der Waals surface area (Å²) in [6, 6.07) is 0. The monoisotopic (exact) mass is 155 g/mol. The van der Waals surface area contributed by atoms with Gasteiger partial charge in [0.2, 0.25) is 0 Å². The molecule has 2 heteroatoms. The van der Waals surface area contributed by atoms with Crippen molar-refractivity contribution in [1.29, 1.82) is 0 Å². The van der Waals surface area contributed by atoms with Gasteiger partial charge in [-0.2, -0.15) is 0 Å². The molecule has 1 rings (SSSR count). The van der Waals surface area contributed by atoms with Crippen LogP contribution in [0.1, 0.15) is 13.3 Å². The van der Waals surface area contributed by atoms with E-state index in [4.69, 9.17) is 10.5 Å². The first-order chi connectivity index (χ1) is 5.25. The molecule has 1 heterocycles. The van der Waals surface area contributed by atoms with E-state index in [0.717, 1.165) is 19.6 Å². The predicted octanol–water partition coefficient (Wildman–Crippen LogP) is 1.17. The second-order valence-corrected chi connectivity index (χ2v) is 3.39. The first kappa shape index (κ1) is 8.75. The molecule has 1 aliphatic rings. The lowest BCUT2D eigenvalue weighted by molar-refractivity contribution is 0.134. The maximum Gasteiger partial charge on any atom is 0.0540 e. The van der Waals surface area contributed by atoms with Crippen LogP contribution in [0, 0.1) is 11.3 Å². The van der Waals surface area contributed by atoms with Gasteiger partial charge in [0.15, 0.2) is 0 Å². The molecule has 1 aliphatic heterocycles. The first-order valence-corrected chi connectivity index (χ1v) is 4.15. The molecule has 0 aromatic heterocycles. The van der Waals surface area contributed by atoms with Gasteiger partial charge in [0, 0.05) is 18.6 Å². The van der Waals surface area contributed by atoms with Crippen LogP contribution in [-0.4, -0.2) is 19.8 Å². The van der Waals surface area contributed by atoms with Gasteiger partial charge < -0.3 is 10.5 Å². The fourth-order valence-corrected chi connectivity index (χ4v) is 1.58. The summed E-state index contributed by atoms with van der Waals surface area (Å²) in [4.78, 5) is 0. The van der Waals surface area contributed by atoms with Crippen molar-refractivity contribution in [2.24, 2.45) is 17.1 Å². The smallest absolute Gasteiger partial charge is 0.0540 e. The molecule has 64 valence electrons. The van der Waals surface area contributed by atoms with E-state index in [-0.39, 0.29) is 5.41 Å². The van der Waals surface area contributed by atoms with E-state index in [0.29, 0.717) is 12.5 Å². The van der Waals surface area contributed by atoms with Crippen LogP contribution < -0.4 is 5.73 Å². The van der Waals surface area contributed by atoms with Crippen LogP contribution in [0.3, 0.4) is 0 Å². The molecule has 0 aromatic rings. The summed E-state index contributed by atoms with van der Waals surface area (Å²) in [7, 11) is 0. The maximum atomic E-state index is 5.72. The van der Waals surface area contributed by atoms with Crippen molar-refractivity contribution in [3.63, 3.8) is 0 Å². The van der Waals surface area contributed by atoms with Crippen LogP contribution >= 0.6 is 0 Å². The van der Waals surface area contributed by atoms with Crippen LogP contribution in [0.25, 0.3) is 0 Å². The highest BCUT2D eigenvalue weighted by atomic mass is 16.5. The zero-order chi connectivity index (χ0) is 8.32. The van der Waals surface area contributed by atoms with E-state index in [1.165, 1.54) is 0 Å². The first-order valence-electron chi connectivity index (χ1n) is 4.15. The Morgan fingerprint density at radius 3 is 2.91 bits per heavy atom. The Balaban J connectivity index is 2.65. The molecule has 0 radical (unpaired) electrons. The van der Waals surface area contributed by atoms with Crippen molar-refractivity contribution in [3.8, 4) is 0 Å². The summed E-state index contributed by atoms with van der Waals surface area (Å²) in [6.45, 7) is 8.32. The minimum absolute atomic E-state index is 0.182. The third kappa shape index (κ3) is 1.47. The molecule has 0 spiro atoms. The summed E-state index contributed by atoms with van der Waals surface area (Å²) in [5.41, 5.74) is 5.90. The second kappa shape index (κ2) is 3.37. The fourth-order valence-electron chi connectivity index (χ4n) is 1.58. The summed E-state index contributed by atoms with van der Waals surface area (Å²) in [6.07, 6.45) is 3.05.